The maximum absolute atomic E-state index is 6.13. The van der Waals surface area contributed by atoms with Gasteiger partial charge in [0, 0.05) is 10.5 Å². The molecule has 3 nitrogen and oxygen atoms in total. The summed E-state index contributed by atoms with van der Waals surface area (Å²) in [6, 6.07) is 6.17. The van der Waals surface area contributed by atoms with E-state index in [1.54, 1.807) is 7.11 Å². The highest BCUT2D eigenvalue weighted by Gasteiger charge is 2.08. The molecule has 0 bridgehead atoms. The summed E-state index contributed by atoms with van der Waals surface area (Å²) < 4.78 is 6.32. The molecule has 1 aromatic carbocycles. The fraction of sp³-hybridized carbons (Fsp3) is 0.538. The van der Waals surface area contributed by atoms with Crippen molar-refractivity contribution in [1.29, 1.82) is 0 Å². The maximum Gasteiger partial charge on any atom is 0.119 e. The SMILES string of the molecule is COc1ccc(Br)c(CC(N)CCN(C)C)c1. The highest BCUT2D eigenvalue weighted by molar-refractivity contribution is 9.10. The van der Waals surface area contributed by atoms with Crippen LogP contribution in [0.4, 0.5) is 0 Å². The molecule has 0 radical (unpaired) electrons. The standard InChI is InChI=1S/C13H21BrN2O/c1-16(2)7-6-11(15)8-10-9-12(17-3)4-5-13(10)14/h4-5,9,11H,6-8,15H2,1-3H3. The van der Waals surface area contributed by atoms with Gasteiger partial charge in [-0.25, -0.2) is 0 Å². The summed E-state index contributed by atoms with van der Waals surface area (Å²) in [5.41, 5.74) is 7.33. The Morgan fingerprint density at radius 3 is 2.71 bits per heavy atom. The number of rotatable bonds is 6. The first kappa shape index (κ1) is 14.5. The van der Waals surface area contributed by atoms with Gasteiger partial charge in [0.25, 0.3) is 0 Å². The number of hydrogen-bond donors (Lipinski definition) is 1. The fourth-order valence-electron chi connectivity index (χ4n) is 1.64. The molecule has 0 amide bonds. The zero-order valence-electron chi connectivity index (χ0n) is 10.7. The number of hydrogen-bond acceptors (Lipinski definition) is 3. The monoisotopic (exact) mass is 300 g/mol. The largest absolute Gasteiger partial charge is 0.497 e. The number of nitrogens with zero attached hydrogens (tertiary/aromatic N) is 1. The molecule has 17 heavy (non-hydrogen) atoms. The van der Waals surface area contributed by atoms with E-state index in [1.807, 2.05) is 18.2 Å². The van der Waals surface area contributed by atoms with E-state index in [1.165, 1.54) is 5.56 Å². The van der Waals surface area contributed by atoms with Gasteiger partial charge in [-0.1, -0.05) is 15.9 Å². The summed E-state index contributed by atoms with van der Waals surface area (Å²) in [6.07, 6.45) is 1.86. The first-order valence-corrected chi connectivity index (χ1v) is 6.55. The van der Waals surface area contributed by atoms with Crippen molar-refractivity contribution in [3.63, 3.8) is 0 Å². The van der Waals surface area contributed by atoms with Crippen LogP contribution in [0.2, 0.25) is 0 Å². The number of benzene rings is 1. The average Bonchev–Trinajstić information content (AvgIpc) is 2.29. The molecule has 96 valence electrons. The zero-order valence-corrected chi connectivity index (χ0v) is 12.3. The lowest BCUT2D eigenvalue weighted by molar-refractivity contribution is 0.379. The van der Waals surface area contributed by atoms with Gasteiger partial charge in [0.05, 0.1) is 7.11 Å². The molecular weight excluding hydrogens is 280 g/mol. The van der Waals surface area contributed by atoms with Crippen LogP contribution in [0, 0.1) is 0 Å². The number of halogens is 1. The van der Waals surface area contributed by atoms with E-state index in [0.717, 1.165) is 29.6 Å². The minimum absolute atomic E-state index is 0.181. The predicted octanol–water partition coefficient (Wildman–Crippen LogP) is 2.28. The quantitative estimate of drug-likeness (QED) is 0.876. The molecule has 4 heteroatoms. The topological polar surface area (TPSA) is 38.5 Å². The minimum Gasteiger partial charge on any atom is -0.497 e. The Kier molecular flexibility index (Phi) is 5.95. The van der Waals surface area contributed by atoms with E-state index < -0.39 is 0 Å². The van der Waals surface area contributed by atoms with Gasteiger partial charge in [0.2, 0.25) is 0 Å². The van der Waals surface area contributed by atoms with E-state index in [2.05, 4.69) is 34.9 Å². The molecule has 0 aliphatic rings. The second kappa shape index (κ2) is 6.99. The van der Waals surface area contributed by atoms with E-state index >= 15 is 0 Å². The van der Waals surface area contributed by atoms with Gasteiger partial charge in [0.1, 0.15) is 5.75 Å². The van der Waals surface area contributed by atoms with Crippen LogP contribution >= 0.6 is 15.9 Å². The molecular formula is C13H21BrN2O. The molecule has 0 spiro atoms. The molecule has 1 rings (SSSR count). The summed E-state index contributed by atoms with van der Waals surface area (Å²) in [5, 5.41) is 0. The molecule has 0 aromatic heterocycles. The van der Waals surface area contributed by atoms with Crippen molar-refractivity contribution in [2.45, 2.75) is 18.9 Å². The third-order valence-corrected chi connectivity index (χ3v) is 3.46. The van der Waals surface area contributed by atoms with E-state index in [0.29, 0.717) is 0 Å². The van der Waals surface area contributed by atoms with Gasteiger partial charge in [-0.2, -0.15) is 0 Å². The Balaban J connectivity index is 2.60. The molecule has 2 N–H and O–H groups in total. The molecule has 1 atom stereocenters. The van der Waals surface area contributed by atoms with Crippen LogP contribution in [0.25, 0.3) is 0 Å². The molecule has 0 fully saturated rings. The van der Waals surface area contributed by atoms with Crippen LogP contribution in [0.15, 0.2) is 22.7 Å². The summed E-state index contributed by atoms with van der Waals surface area (Å²) >= 11 is 3.55. The van der Waals surface area contributed by atoms with Crippen LogP contribution in [0.1, 0.15) is 12.0 Å². The van der Waals surface area contributed by atoms with Crippen LogP contribution < -0.4 is 10.5 Å². The highest BCUT2D eigenvalue weighted by Crippen LogP contribution is 2.23. The third kappa shape index (κ3) is 5.06. The summed E-state index contributed by atoms with van der Waals surface area (Å²) in [7, 11) is 5.81. The molecule has 0 aliphatic carbocycles. The third-order valence-electron chi connectivity index (χ3n) is 2.68. The van der Waals surface area contributed by atoms with Crippen molar-refractivity contribution < 1.29 is 4.74 Å². The van der Waals surface area contributed by atoms with Crippen LogP contribution in [-0.4, -0.2) is 38.7 Å². The summed E-state index contributed by atoms with van der Waals surface area (Å²) in [4.78, 5) is 2.15. The number of nitrogens with two attached hydrogens (primary N) is 1. The van der Waals surface area contributed by atoms with Gasteiger partial charge in [-0.3, -0.25) is 0 Å². The van der Waals surface area contributed by atoms with Crippen molar-refractivity contribution in [1.82, 2.24) is 4.90 Å². The minimum atomic E-state index is 0.181. The van der Waals surface area contributed by atoms with Crippen LogP contribution in [0.5, 0.6) is 5.75 Å². The van der Waals surface area contributed by atoms with E-state index in [9.17, 15) is 0 Å². The lowest BCUT2D eigenvalue weighted by Crippen LogP contribution is -2.28. The Bertz CT molecular complexity index is 355. The molecule has 0 saturated heterocycles. The van der Waals surface area contributed by atoms with E-state index in [-0.39, 0.29) is 6.04 Å². The van der Waals surface area contributed by atoms with Gasteiger partial charge >= 0.3 is 0 Å². The Hall–Kier alpha value is -0.580. The predicted molar refractivity (Wildman–Crippen MR) is 75.5 cm³/mol. The van der Waals surface area contributed by atoms with Gasteiger partial charge < -0.3 is 15.4 Å². The molecule has 1 aromatic rings. The second-order valence-corrected chi connectivity index (χ2v) is 5.37. The Labute approximate surface area is 112 Å². The first-order valence-electron chi connectivity index (χ1n) is 5.75. The molecule has 0 aliphatic heterocycles. The van der Waals surface area contributed by atoms with Crippen molar-refractivity contribution in [3.05, 3.63) is 28.2 Å². The van der Waals surface area contributed by atoms with Gasteiger partial charge in [-0.15, -0.1) is 0 Å². The smallest absolute Gasteiger partial charge is 0.119 e. The van der Waals surface area contributed by atoms with Crippen molar-refractivity contribution >= 4 is 15.9 Å². The van der Waals surface area contributed by atoms with Crippen molar-refractivity contribution in [2.75, 3.05) is 27.7 Å². The van der Waals surface area contributed by atoms with E-state index in [4.69, 9.17) is 10.5 Å². The molecule has 0 saturated carbocycles. The lowest BCUT2D eigenvalue weighted by Gasteiger charge is -2.16. The summed E-state index contributed by atoms with van der Waals surface area (Å²) in [5.74, 6) is 0.878. The highest BCUT2D eigenvalue weighted by atomic mass is 79.9. The second-order valence-electron chi connectivity index (χ2n) is 4.51. The zero-order chi connectivity index (χ0) is 12.8. The molecule has 0 heterocycles. The van der Waals surface area contributed by atoms with Gasteiger partial charge in [-0.05, 0) is 57.2 Å². The Morgan fingerprint density at radius 1 is 1.41 bits per heavy atom. The first-order chi connectivity index (χ1) is 8.02. The number of methoxy groups -OCH3 is 1. The fourth-order valence-corrected chi connectivity index (χ4v) is 2.05. The number of ether oxygens (including phenoxy) is 1. The summed E-state index contributed by atoms with van der Waals surface area (Å²) in [6.45, 7) is 1.02. The normalized spacial score (nSPS) is 12.8. The molecule has 1 unspecified atom stereocenters. The van der Waals surface area contributed by atoms with Crippen molar-refractivity contribution in [3.8, 4) is 5.75 Å². The van der Waals surface area contributed by atoms with Gasteiger partial charge in [0.15, 0.2) is 0 Å². The average molecular weight is 301 g/mol. The maximum atomic E-state index is 6.13. The lowest BCUT2D eigenvalue weighted by atomic mass is 10.0. The van der Waals surface area contributed by atoms with Crippen LogP contribution in [0.3, 0.4) is 0 Å². The van der Waals surface area contributed by atoms with Crippen molar-refractivity contribution in [2.24, 2.45) is 5.73 Å². The van der Waals surface area contributed by atoms with Crippen LogP contribution in [-0.2, 0) is 6.42 Å². The Morgan fingerprint density at radius 2 is 2.12 bits per heavy atom.